The SMILES string of the molecule is CC=CC(=O)Nc1ccccc1Sc1ccccc1. The van der Waals surface area contributed by atoms with Gasteiger partial charge in [0.2, 0.25) is 5.91 Å². The van der Waals surface area contributed by atoms with Crippen molar-refractivity contribution in [3.8, 4) is 0 Å². The van der Waals surface area contributed by atoms with Gasteiger partial charge in [-0.25, -0.2) is 0 Å². The van der Waals surface area contributed by atoms with Crippen molar-refractivity contribution < 1.29 is 4.79 Å². The molecule has 0 bridgehead atoms. The van der Waals surface area contributed by atoms with Gasteiger partial charge in [-0.2, -0.15) is 0 Å². The van der Waals surface area contributed by atoms with Crippen LogP contribution in [0.2, 0.25) is 0 Å². The average Bonchev–Trinajstić information content (AvgIpc) is 2.42. The van der Waals surface area contributed by atoms with E-state index in [4.69, 9.17) is 0 Å². The van der Waals surface area contributed by atoms with Crippen LogP contribution in [0.5, 0.6) is 0 Å². The van der Waals surface area contributed by atoms with Crippen molar-refractivity contribution in [2.24, 2.45) is 0 Å². The van der Waals surface area contributed by atoms with Gasteiger partial charge >= 0.3 is 0 Å². The van der Waals surface area contributed by atoms with Crippen LogP contribution in [0.15, 0.2) is 76.5 Å². The third-order valence-electron chi connectivity index (χ3n) is 2.43. The van der Waals surface area contributed by atoms with Gasteiger partial charge in [0.1, 0.15) is 0 Å². The molecule has 2 aromatic rings. The zero-order chi connectivity index (χ0) is 13.5. The lowest BCUT2D eigenvalue weighted by Gasteiger charge is -2.09. The van der Waals surface area contributed by atoms with Crippen molar-refractivity contribution in [1.29, 1.82) is 0 Å². The molecule has 1 amide bonds. The number of rotatable bonds is 4. The molecule has 1 N–H and O–H groups in total. The summed E-state index contributed by atoms with van der Waals surface area (Å²) in [5.41, 5.74) is 0.833. The van der Waals surface area contributed by atoms with Crippen molar-refractivity contribution in [1.82, 2.24) is 0 Å². The van der Waals surface area contributed by atoms with Crippen LogP contribution in [0.4, 0.5) is 5.69 Å². The van der Waals surface area contributed by atoms with Gasteiger partial charge in [0.15, 0.2) is 0 Å². The molecular weight excluding hydrogens is 254 g/mol. The highest BCUT2D eigenvalue weighted by Crippen LogP contribution is 2.33. The summed E-state index contributed by atoms with van der Waals surface area (Å²) in [6, 6.07) is 17.9. The Balaban J connectivity index is 2.19. The number of carbonyl (C=O) groups is 1. The number of hydrogen-bond donors (Lipinski definition) is 1. The largest absolute Gasteiger partial charge is 0.321 e. The Morgan fingerprint density at radius 2 is 1.74 bits per heavy atom. The second-order valence-corrected chi connectivity index (χ2v) is 5.02. The minimum atomic E-state index is -0.108. The molecule has 0 aromatic heterocycles. The summed E-state index contributed by atoms with van der Waals surface area (Å²) in [5, 5.41) is 2.89. The number of benzene rings is 2. The smallest absolute Gasteiger partial charge is 0.248 e. The Bertz CT molecular complexity index is 578. The number of hydrogen-bond acceptors (Lipinski definition) is 2. The summed E-state index contributed by atoms with van der Waals surface area (Å²) < 4.78 is 0. The van der Waals surface area contributed by atoms with Gasteiger partial charge in [0.05, 0.1) is 5.69 Å². The lowest BCUT2D eigenvalue weighted by molar-refractivity contribution is -0.111. The number of anilines is 1. The Morgan fingerprint density at radius 3 is 2.47 bits per heavy atom. The quantitative estimate of drug-likeness (QED) is 0.836. The van der Waals surface area contributed by atoms with Gasteiger partial charge in [-0.1, -0.05) is 48.2 Å². The first kappa shape index (κ1) is 13.4. The lowest BCUT2D eigenvalue weighted by atomic mass is 10.3. The molecule has 2 nitrogen and oxygen atoms in total. The van der Waals surface area contributed by atoms with E-state index in [2.05, 4.69) is 17.4 Å². The first-order chi connectivity index (χ1) is 9.29. The van der Waals surface area contributed by atoms with Crippen molar-refractivity contribution in [3.63, 3.8) is 0 Å². The fourth-order valence-corrected chi connectivity index (χ4v) is 2.52. The minimum Gasteiger partial charge on any atom is -0.321 e. The van der Waals surface area contributed by atoms with Crippen molar-refractivity contribution >= 4 is 23.4 Å². The predicted molar refractivity (Wildman–Crippen MR) is 80.5 cm³/mol. The number of allylic oxidation sites excluding steroid dienone is 1. The molecule has 3 heteroatoms. The molecule has 0 aliphatic heterocycles. The van der Waals surface area contributed by atoms with Crippen LogP contribution >= 0.6 is 11.8 Å². The number of carbonyl (C=O) groups excluding carboxylic acids is 1. The molecule has 2 aromatic carbocycles. The minimum absolute atomic E-state index is 0.108. The fraction of sp³-hybridized carbons (Fsp3) is 0.0625. The third kappa shape index (κ3) is 4.00. The second-order valence-electron chi connectivity index (χ2n) is 3.90. The van der Waals surface area contributed by atoms with E-state index in [0.717, 1.165) is 15.5 Å². The van der Waals surface area contributed by atoms with Crippen molar-refractivity contribution in [2.75, 3.05) is 5.32 Å². The van der Waals surface area contributed by atoms with Gasteiger partial charge in [-0.15, -0.1) is 0 Å². The van der Waals surface area contributed by atoms with Gasteiger partial charge in [-0.05, 0) is 37.3 Å². The standard InChI is InChI=1S/C16H15NOS/c1-2-8-16(18)17-14-11-6-7-12-15(14)19-13-9-4-3-5-10-13/h2-12H,1H3,(H,17,18). The molecular formula is C16H15NOS. The highest BCUT2D eigenvalue weighted by Gasteiger charge is 2.05. The molecule has 0 saturated carbocycles. The molecule has 0 aliphatic rings. The molecule has 0 fully saturated rings. The summed E-state index contributed by atoms with van der Waals surface area (Å²) in [6.07, 6.45) is 3.24. The van der Waals surface area contributed by atoms with Gasteiger partial charge < -0.3 is 5.32 Å². The molecule has 0 heterocycles. The van der Waals surface area contributed by atoms with E-state index in [1.807, 2.05) is 49.4 Å². The Kier molecular flexibility index (Phi) is 4.81. The molecule has 2 rings (SSSR count). The first-order valence-electron chi connectivity index (χ1n) is 6.05. The van der Waals surface area contributed by atoms with Crippen molar-refractivity contribution in [2.45, 2.75) is 16.7 Å². The Labute approximate surface area is 117 Å². The van der Waals surface area contributed by atoms with Crippen molar-refractivity contribution in [3.05, 3.63) is 66.7 Å². The molecule has 19 heavy (non-hydrogen) atoms. The molecule has 0 radical (unpaired) electrons. The summed E-state index contributed by atoms with van der Waals surface area (Å²) >= 11 is 1.64. The van der Waals surface area contributed by atoms with E-state index >= 15 is 0 Å². The lowest BCUT2D eigenvalue weighted by Crippen LogP contribution is -2.08. The maximum Gasteiger partial charge on any atom is 0.248 e. The Hall–Kier alpha value is -2.00. The van der Waals surface area contributed by atoms with Crippen LogP contribution < -0.4 is 5.32 Å². The third-order valence-corrected chi connectivity index (χ3v) is 3.52. The number of para-hydroxylation sites is 1. The Morgan fingerprint density at radius 1 is 1.05 bits per heavy atom. The summed E-state index contributed by atoms with van der Waals surface area (Å²) in [5.74, 6) is -0.108. The normalized spacial score (nSPS) is 10.6. The zero-order valence-corrected chi connectivity index (χ0v) is 11.5. The van der Waals surface area contributed by atoms with Crippen LogP contribution in [0, 0.1) is 0 Å². The van der Waals surface area contributed by atoms with E-state index in [9.17, 15) is 4.79 Å². The molecule has 0 unspecified atom stereocenters. The molecule has 0 aliphatic carbocycles. The van der Waals surface area contributed by atoms with Gasteiger partial charge in [0, 0.05) is 9.79 Å². The predicted octanol–water partition coefficient (Wildman–Crippen LogP) is 4.35. The maximum atomic E-state index is 11.6. The highest BCUT2D eigenvalue weighted by atomic mass is 32.2. The summed E-state index contributed by atoms with van der Waals surface area (Å²) in [6.45, 7) is 1.82. The highest BCUT2D eigenvalue weighted by molar-refractivity contribution is 7.99. The topological polar surface area (TPSA) is 29.1 Å². The van der Waals surface area contributed by atoms with E-state index in [-0.39, 0.29) is 5.91 Å². The molecule has 0 atom stereocenters. The van der Waals surface area contributed by atoms with Crippen LogP contribution in [0.3, 0.4) is 0 Å². The van der Waals surface area contributed by atoms with Crippen LogP contribution in [-0.4, -0.2) is 5.91 Å². The average molecular weight is 269 g/mol. The number of amides is 1. The van der Waals surface area contributed by atoms with E-state index in [1.165, 1.54) is 6.08 Å². The van der Waals surface area contributed by atoms with Crippen LogP contribution in [0.1, 0.15) is 6.92 Å². The maximum absolute atomic E-state index is 11.6. The fourth-order valence-electron chi connectivity index (χ4n) is 1.60. The molecule has 0 saturated heterocycles. The molecule has 0 spiro atoms. The first-order valence-corrected chi connectivity index (χ1v) is 6.87. The summed E-state index contributed by atoms with van der Waals surface area (Å²) in [4.78, 5) is 13.8. The van der Waals surface area contributed by atoms with E-state index in [1.54, 1.807) is 17.8 Å². The van der Waals surface area contributed by atoms with E-state index in [0.29, 0.717) is 0 Å². The van der Waals surface area contributed by atoms with Gasteiger partial charge in [0.25, 0.3) is 0 Å². The number of nitrogens with one attached hydrogen (secondary N) is 1. The van der Waals surface area contributed by atoms with Gasteiger partial charge in [-0.3, -0.25) is 4.79 Å². The molecule has 96 valence electrons. The monoisotopic (exact) mass is 269 g/mol. The second kappa shape index (κ2) is 6.81. The van der Waals surface area contributed by atoms with Crippen LogP contribution in [0.25, 0.3) is 0 Å². The summed E-state index contributed by atoms with van der Waals surface area (Å²) in [7, 11) is 0. The van der Waals surface area contributed by atoms with E-state index < -0.39 is 0 Å². The van der Waals surface area contributed by atoms with Crippen LogP contribution in [-0.2, 0) is 4.79 Å². The zero-order valence-electron chi connectivity index (χ0n) is 10.7.